The van der Waals surface area contributed by atoms with Gasteiger partial charge in [0.1, 0.15) is 10.7 Å². The van der Waals surface area contributed by atoms with Gasteiger partial charge in [-0.05, 0) is 53.8 Å². The van der Waals surface area contributed by atoms with Crippen molar-refractivity contribution in [3.05, 3.63) is 97.9 Å². The number of primary sulfonamides is 1. The van der Waals surface area contributed by atoms with Gasteiger partial charge in [0.05, 0.1) is 21.9 Å². The summed E-state index contributed by atoms with van der Waals surface area (Å²) >= 11 is 1.18. The summed E-state index contributed by atoms with van der Waals surface area (Å²) in [4.78, 5) is 27.9. The number of aromatic nitrogens is 2. The summed E-state index contributed by atoms with van der Waals surface area (Å²) < 4.78 is 29.5. The van der Waals surface area contributed by atoms with Gasteiger partial charge in [-0.15, -0.1) is 0 Å². The predicted molar refractivity (Wildman–Crippen MR) is 128 cm³/mol. The molecular weight excluding hydrogens is 480 g/mol. The molecule has 174 valence electrons. The monoisotopic (exact) mass is 498 g/mol. The lowest BCUT2D eigenvalue weighted by Gasteiger charge is -2.12. The molecule has 2 aromatic carbocycles. The van der Waals surface area contributed by atoms with E-state index in [9.17, 15) is 23.3 Å². The second-order valence-corrected chi connectivity index (χ2v) is 9.60. The number of nitro groups is 1. The van der Waals surface area contributed by atoms with Crippen LogP contribution in [0.15, 0.2) is 85.3 Å². The first-order chi connectivity index (χ1) is 16.2. The Bertz CT molecular complexity index is 1560. The number of thioether (sulfide) groups is 1. The summed E-state index contributed by atoms with van der Waals surface area (Å²) in [5, 5.41) is 18.5. The van der Waals surface area contributed by atoms with Crippen molar-refractivity contribution in [2.75, 3.05) is 0 Å². The lowest BCUT2D eigenvalue weighted by Crippen LogP contribution is -2.24. The molecule has 2 aromatic heterocycles. The van der Waals surface area contributed by atoms with Crippen LogP contribution in [0.4, 0.5) is 5.88 Å². The Balaban J connectivity index is 1.61. The average molecular weight is 499 g/mol. The van der Waals surface area contributed by atoms with Gasteiger partial charge in [-0.1, -0.05) is 36.0 Å². The van der Waals surface area contributed by atoms with E-state index in [1.54, 1.807) is 47.9 Å². The highest BCUT2D eigenvalue weighted by Crippen LogP contribution is 2.23. The largest absolute Gasteiger partial charge is 0.433 e. The molecular formula is C22H18N4O6S2. The maximum Gasteiger partial charge on any atom is 0.433 e. The molecule has 2 N–H and O–H groups in total. The van der Waals surface area contributed by atoms with Crippen molar-refractivity contribution in [1.29, 1.82) is 0 Å². The van der Waals surface area contributed by atoms with Gasteiger partial charge < -0.3 is 4.42 Å². The summed E-state index contributed by atoms with van der Waals surface area (Å²) in [6, 6.07) is 15.9. The molecule has 0 aliphatic rings. The number of hydrogen-bond donors (Lipinski definition) is 1. The zero-order chi connectivity index (χ0) is 24.3. The molecule has 0 fully saturated rings. The van der Waals surface area contributed by atoms with Gasteiger partial charge in [-0.25, -0.2) is 18.5 Å². The van der Waals surface area contributed by atoms with Crippen LogP contribution in [-0.4, -0.2) is 22.9 Å². The van der Waals surface area contributed by atoms with E-state index in [2.05, 4.69) is 4.98 Å². The molecule has 0 unspecified atom stereocenters. The molecule has 0 saturated heterocycles. The second kappa shape index (κ2) is 9.63. The fourth-order valence-corrected chi connectivity index (χ4v) is 4.51. The zero-order valence-corrected chi connectivity index (χ0v) is 19.2. The molecule has 0 amide bonds. The van der Waals surface area contributed by atoms with Crippen molar-refractivity contribution < 1.29 is 17.8 Å². The highest BCUT2D eigenvalue weighted by Gasteiger charge is 2.13. The zero-order valence-electron chi connectivity index (χ0n) is 17.5. The van der Waals surface area contributed by atoms with Gasteiger partial charge in [0, 0.05) is 6.54 Å². The fourth-order valence-electron chi connectivity index (χ4n) is 3.21. The third kappa shape index (κ3) is 5.25. The van der Waals surface area contributed by atoms with E-state index in [1.165, 1.54) is 40.6 Å². The van der Waals surface area contributed by atoms with Crippen LogP contribution in [0.1, 0.15) is 11.3 Å². The van der Waals surface area contributed by atoms with Gasteiger partial charge in [0.25, 0.3) is 5.56 Å². The van der Waals surface area contributed by atoms with E-state index in [0.717, 1.165) is 5.56 Å². The van der Waals surface area contributed by atoms with Crippen LogP contribution in [0.5, 0.6) is 0 Å². The number of nitrogens with two attached hydrogens (primary N) is 1. The number of aryl methyl sites for hydroxylation is 1. The lowest BCUT2D eigenvalue weighted by atomic mass is 10.1. The molecule has 0 aliphatic heterocycles. The average Bonchev–Trinajstić information content (AvgIpc) is 3.28. The summed E-state index contributed by atoms with van der Waals surface area (Å²) in [5.41, 5.74) is 1.16. The van der Waals surface area contributed by atoms with E-state index in [4.69, 9.17) is 9.56 Å². The molecule has 4 aromatic rings. The molecule has 0 saturated carbocycles. The van der Waals surface area contributed by atoms with Gasteiger partial charge in [-0.2, -0.15) is 0 Å². The van der Waals surface area contributed by atoms with Crippen molar-refractivity contribution >= 4 is 44.6 Å². The summed E-state index contributed by atoms with van der Waals surface area (Å²) in [6.07, 6.45) is 2.00. The first kappa shape index (κ1) is 23.4. The van der Waals surface area contributed by atoms with Crippen LogP contribution in [0, 0.1) is 10.1 Å². The smallest absolute Gasteiger partial charge is 0.401 e. The first-order valence-corrected chi connectivity index (χ1v) is 12.3. The van der Waals surface area contributed by atoms with Crippen LogP contribution in [0.2, 0.25) is 0 Å². The summed E-state index contributed by atoms with van der Waals surface area (Å²) in [7, 11) is -3.78. The molecule has 2 heterocycles. The predicted octanol–water partition coefficient (Wildman–Crippen LogP) is 3.55. The van der Waals surface area contributed by atoms with Gasteiger partial charge >= 0.3 is 5.88 Å². The third-order valence-electron chi connectivity index (χ3n) is 4.90. The van der Waals surface area contributed by atoms with Crippen molar-refractivity contribution in [2.45, 2.75) is 23.0 Å². The Morgan fingerprint density at radius 3 is 2.53 bits per heavy atom. The molecule has 10 nitrogen and oxygen atoms in total. The molecule has 4 rings (SSSR count). The molecule has 0 atom stereocenters. The van der Waals surface area contributed by atoms with E-state index < -0.39 is 14.9 Å². The van der Waals surface area contributed by atoms with Gasteiger partial charge in [0.2, 0.25) is 10.0 Å². The lowest BCUT2D eigenvalue weighted by molar-refractivity contribution is -0.402. The number of sulfonamides is 1. The van der Waals surface area contributed by atoms with Crippen LogP contribution < -0.4 is 10.7 Å². The number of rotatable bonds is 8. The van der Waals surface area contributed by atoms with E-state index in [-0.39, 0.29) is 16.3 Å². The molecule has 0 bridgehead atoms. The summed E-state index contributed by atoms with van der Waals surface area (Å²) in [5.74, 6) is -0.0670. The van der Waals surface area contributed by atoms with E-state index in [0.29, 0.717) is 34.8 Å². The minimum Gasteiger partial charge on any atom is -0.401 e. The Kier molecular flexibility index (Phi) is 6.63. The second-order valence-electron chi connectivity index (χ2n) is 7.16. The van der Waals surface area contributed by atoms with Crippen LogP contribution in [0.3, 0.4) is 0 Å². The third-order valence-corrected chi connectivity index (χ3v) is 6.62. The van der Waals surface area contributed by atoms with Crippen LogP contribution in [-0.2, 0) is 23.0 Å². The number of nitrogens with zero attached hydrogens (tertiary/aromatic N) is 3. The standard InChI is InChI=1S/C22H18N4O6S2/c23-34(30,31)17-8-5-15(6-9-17)11-13-25-21(27)18-3-1-2-4-19(18)24-22(25)33-14-12-16-7-10-20(32-16)26(28)29/h1-10,12,14H,11,13H2,(H2,23,30,31)/b14-12+. The van der Waals surface area contributed by atoms with E-state index in [1.807, 2.05) is 0 Å². The Hall–Kier alpha value is -3.74. The number of fused-ring (bicyclic) bond motifs is 1. The van der Waals surface area contributed by atoms with Crippen molar-refractivity contribution in [1.82, 2.24) is 9.55 Å². The van der Waals surface area contributed by atoms with Gasteiger partial charge in [-0.3, -0.25) is 19.5 Å². The van der Waals surface area contributed by atoms with Crippen molar-refractivity contribution in [3.8, 4) is 0 Å². The maximum absolute atomic E-state index is 13.2. The molecule has 0 spiro atoms. The highest BCUT2D eigenvalue weighted by molar-refractivity contribution is 8.02. The molecule has 0 aliphatic carbocycles. The van der Waals surface area contributed by atoms with E-state index >= 15 is 0 Å². The minimum absolute atomic E-state index is 0.0142. The van der Waals surface area contributed by atoms with Gasteiger partial charge in [0.15, 0.2) is 5.16 Å². The van der Waals surface area contributed by atoms with Crippen LogP contribution in [0.25, 0.3) is 17.0 Å². The van der Waals surface area contributed by atoms with Crippen molar-refractivity contribution in [3.63, 3.8) is 0 Å². The molecule has 12 heteroatoms. The Morgan fingerprint density at radius 2 is 1.85 bits per heavy atom. The number of hydrogen-bond acceptors (Lipinski definition) is 8. The SMILES string of the molecule is NS(=O)(=O)c1ccc(CCn2c(S/C=C/c3ccc([N+](=O)[O-])o3)nc3ccccc3c2=O)cc1. The van der Waals surface area contributed by atoms with Crippen molar-refractivity contribution in [2.24, 2.45) is 5.14 Å². The minimum atomic E-state index is -3.78. The Morgan fingerprint density at radius 1 is 1.12 bits per heavy atom. The molecule has 0 radical (unpaired) electrons. The number of para-hydroxylation sites is 1. The number of furan rings is 1. The maximum atomic E-state index is 13.2. The summed E-state index contributed by atoms with van der Waals surface area (Å²) in [6.45, 7) is 0.299. The molecule has 34 heavy (non-hydrogen) atoms. The quantitative estimate of drug-likeness (QED) is 0.168. The fraction of sp³-hybridized carbons (Fsp3) is 0.0909. The highest BCUT2D eigenvalue weighted by atomic mass is 32.2. The number of benzene rings is 2. The van der Waals surface area contributed by atoms with Crippen LogP contribution >= 0.6 is 11.8 Å². The topological polar surface area (TPSA) is 151 Å². The normalized spacial score (nSPS) is 11.9. The first-order valence-electron chi connectivity index (χ1n) is 9.91. The Labute approximate surface area is 197 Å².